The van der Waals surface area contributed by atoms with Gasteiger partial charge in [-0.3, -0.25) is 4.90 Å². The summed E-state index contributed by atoms with van der Waals surface area (Å²) >= 11 is 3.72. The van der Waals surface area contributed by atoms with Gasteiger partial charge >= 0.3 is 0 Å². The molecule has 0 aromatic rings. The van der Waals surface area contributed by atoms with Gasteiger partial charge in [0.2, 0.25) is 0 Å². The molecule has 2 nitrogen and oxygen atoms in total. The van der Waals surface area contributed by atoms with Crippen LogP contribution in [0.2, 0.25) is 0 Å². The van der Waals surface area contributed by atoms with E-state index in [1.165, 1.54) is 45.6 Å². The van der Waals surface area contributed by atoms with Crippen LogP contribution in [-0.4, -0.2) is 53.9 Å². The minimum absolute atomic E-state index is 0.486. The molecule has 0 atom stereocenters. The number of nitrogens with zero attached hydrogens (tertiary/aromatic N) is 2. The molecule has 0 N–H and O–H groups in total. The van der Waals surface area contributed by atoms with Crippen LogP contribution in [0.3, 0.4) is 0 Å². The molecule has 0 aromatic carbocycles. The fourth-order valence-corrected chi connectivity index (χ4v) is 3.59. The largest absolute Gasteiger partial charge is 0.300 e. The third-order valence-corrected chi connectivity index (χ3v) is 5.67. The number of hydrogen-bond acceptors (Lipinski definition) is 2. The summed E-state index contributed by atoms with van der Waals surface area (Å²) in [6, 6.07) is 0.704. The highest BCUT2D eigenvalue weighted by Crippen LogP contribution is 2.30. The van der Waals surface area contributed by atoms with Gasteiger partial charge in [0.25, 0.3) is 0 Å². The predicted octanol–water partition coefficient (Wildman–Crippen LogP) is 3.21. The Morgan fingerprint density at radius 1 is 1.06 bits per heavy atom. The second-order valence-electron chi connectivity index (χ2n) is 5.75. The van der Waals surface area contributed by atoms with Gasteiger partial charge in [0.05, 0.1) is 0 Å². The summed E-state index contributed by atoms with van der Waals surface area (Å²) in [4.78, 5) is 5.25. The van der Waals surface area contributed by atoms with Crippen LogP contribution in [0.25, 0.3) is 0 Å². The Labute approximate surface area is 116 Å². The number of hydrogen-bond donors (Lipinski definition) is 0. The van der Waals surface area contributed by atoms with Crippen LogP contribution in [0.15, 0.2) is 0 Å². The molecule has 0 saturated carbocycles. The van der Waals surface area contributed by atoms with Gasteiger partial charge in [-0.25, -0.2) is 0 Å². The van der Waals surface area contributed by atoms with E-state index < -0.39 is 0 Å². The predicted molar refractivity (Wildman–Crippen MR) is 80.0 cm³/mol. The third-order valence-electron chi connectivity index (χ3n) is 4.48. The zero-order valence-electron chi connectivity index (χ0n) is 12.0. The van der Waals surface area contributed by atoms with E-state index in [9.17, 15) is 0 Å². The van der Waals surface area contributed by atoms with Gasteiger partial charge < -0.3 is 4.90 Å². The smallest absolute Gasteiger partial charge is 0.0113 e. The Hall–Kier alpha value is 0.400. The topological polar surface area (TPSA) is 6.48 Å². The molecule has 0 aliphatic carbocycles. The van der Waals surface area contributed by atoms with Crippen LogP contribution in [0.4, 0.5) is 0 Å². The highest BCUT2D eigenvalue weighted by atomic mass is 79.9. The van der Waals surface area contributed by atoms with Gasteiger partial charge in [0.1, 0.15) is 0 Å². The van der Waals surface area contributed by atoms with Crippen molar-refractivity contribution in [3.05, 3.63) is 0 Å². The van der Waals surface area contributed by atoms with Crippen molar-refractivity contribution in [1.82, 2.24) is 9.80 Å². The summed E-state index contributed by atoms with van der Waals surface area (Å²) < 4.78 is 0. The van der Waals surface area contributed by atoms with Gasteiger partial charge in [-0.05, 0) is 32.1 Å². The first-order valence-electron chi connectivity index (χ1n) is 7.09. The number of rotatable bonds is 6. The average molecular weight is 305 g/mol. The average Bonchev–Trinajstić information content (AvgIpc) is 2.37. The molecule has 102 valence electrons. The number of piperazine rings is 1. The van der Waals surface area contributed by atoms with Gasteiger partial charge in [-0.15, -0.1) is 0 Å². The first-order valence-corrected chi connectivity index (χ1v) is 8.21. The lowest BCUT2D eigenvalue weighted by Crippen LogP contribution is -2.51. The van der Waals surface area contributed by atoms with E-state index in [1.54, 1.807) is 0 Å². The van der Waals surface area contributed by atoms with E-state index in [0.717, 1.165) is 5.33 Å². The second-order valence-corrected chi connectivity index (χ2v) is 6.31. The maximum atomic E-state index is 3.72. The van der Waals surface area contributed by atoms with Crippen molar-refractivity contribution in [2.75, 3.05) is 38.1 Å². The van der Waals surface area contributed by atoms with Crippen molar-refractivity contribution in [3.63, 3.8) is 0 Å². The lowest BCUT2D eigenvalue weighted by molar-refractivity contribution is 0.0745. The normalized spacial score (nSPS) is 20.1. The Morgan fingerprint density at radius 2 is 1.59 bits per heavy atom. The Kier molecular flexibility index (Phi) is 6.46. The van der Waals surface area contributed by atoms with Crippen LogP contribution in [0.1, 0.15) is 40.5 Å². The standard InChI is InChI=1S/C14H29BrN2/c1-5-14(6-2,11-15)12-16-7-9-17(10-8-16)13(3)4/h13H,5-12H2,1-4H3. The molecule has 3 heteroatoms. The zero-order valence-corrected chi connectivity index (χ0v) is 13.6. The minimum Gasteiger partial charge on any atom is -0.300 e. The third kappa shape index (κ3) is 4.22. The molecule has 1 aliphatic heterocycles. The SMILES string of the molecule is CCC(CC)(CBr)CN1CCN(C(C)C)CC1. The molecule has 1 aliphatic rings. The molecular formula is C14H29BrN2. The highest BCUT2D eigenvalue weighted by molar-refractivity contribution is 9.09. The van der Waals surface area contributed by atoms with Gasteiger partial charge in [0.15, 0.2) is 0 Å². The summed E-state index contributed by atoms with van der Waals surface area (Å²) in [5, 5.41) is 1.14. The molecule has 0 bridgehead atoms. The van der Waals surface area contributed by atoms with Crippen LogP contribution < -0.4 is 0 Å². The summed E-state index contributed by atoms with van der Waals surface area (Å²) in [7, 11) is 0. The molecular weight excluding hydrogens is 276 g/mol. The highest BCUT2D eigenvalue weighted by Gasteiger charge is 2.29. The number of halogens is 1. The summed E-state index contributed by atoms with van der Waals surface area (Å²) in [5.74, 6) is 0. The van der Waals surface area contributed by atoms with Gasteiger partial charge in [-0.2, -0.15) is 0 Å². The van der Waals surface area contributed by atoms with Crippen molar-refractivity contribution in [2.45, 2.75) is 46.6 Å². The Bertz CT molecular complexity index is 198. The van der Waals surface area contributed by atoms with Gasteiger partial charge in [-0.1, -0.05) is 29.8 Å². The summed E-state index contributed by atoms with van der Waals surface area (Å²) in [5.41, 5.74) is 0.486. The fraction of sp³-hybridized carbons (Fsp3) is 1.00. The van der Waals surface area contributed by atoms with Gasteiger partial charge in [0, 0.05) is 44.1 Å². The van der Waals surface area contributed by atoms with Crippen molar-refractivity contribution in [2.24, 2.45) is 5.41 Å². The molecule has 0 spiro atoms. The maximum Gasteiger partial charge on any atom is 0.0113 e. The molecule has 17 heavy (non-hydrogen) atoms. The minimum atomic E-state index is 0.486. The summed E-state index contributed by atoms with van der Waals surface area (Å²) in [6.07, 6.45) is 2.55. The monoisotopic (exact) mass is 304 g/mol. The molecule has 0 radical (unpaired) electrons. The van der Waals surface area contributed by atoms with E-state index in [2.05, 4.69) is 53.4 Å². The Balaban J connectivity index is 2.44. The zero-order chi connectivity index (χ0) is 12.9. The number of alkyl halides is 1. The second kappa shape index (κ2) is 7.10. The van der Waals surface area contributed by atoms with E-state index in [4.69, 9.17) is 0 Å². The van der Waals surface area contributed by atoms with Crippen molar-refractivity contribution in [1.29, 1.82) is 0 Å². The first kappa shape index (κ1) is 15.5. The molecule has 1 saturated heterocycles. The lowest BCUT2D eigenvalue weighted by Gasteiger charge is -2.41. The van der Waals surface area contributed by atoms with E-state index in [-0.39, 0.29) is 0 Å². The molecule has 1 fully saturated rings. The van der Waals surface area contributed by atoms with E-state index in [0.29, 0.717) is 11.5 Å². The molecule has 0 unspecified atom stereocenters. The summed E-state index contributed by atoms with van der Waals surface area (Å²) in [6.45, 7) is 15.5. The molecule has 1 rings (SSSR count). The van der Waals surface area contributed by atoms with E-state index >= 15 is 0 Å². The van der Waals surface area contributed by atoms with Crippen molar-refractivity contribution >= 4 is 15.9 Å². The van der Waals surface area contributed by atoms with Crippen molar-refractivity contribution in [3.8, 4) is 0 Å². The van der Waals surface area contributed by atoms with Crippen molar-refractivity contribution < 1.29 is 0 Å². The van der Waals surface area contributed by atoms with Crippen LogP contribution in [-0.2, 0) is 0 Å². The lowest BCUT2D eigenvalue weighted by atomic mass is 9.84. The Morgan fingerprint density at radius 3 is 1.94 bits per heavy atom. The molecule has 0 amide bonds. The van der Waals surface area contributed by atoms with Crippen LogP contribution in [0, 0.1) is 5.41 Å². The molecule has 1 heterocycles. The first-order chi connectivity index (χ1) is 8.06. The molecule has 0 aromatic heterocycles. The van der Waals surface area contributed by atoms with E-state index in [1.807, 2.05) is 0 Å². The fourth-order valence-electron chi connectivity index (χ4n) is 2.62. The van der Waals surface area contributed by atoms with Crippen LogP contribution >= 0.6 is 15.9 Å². The van der Waals surface area contributed by atoms with Crippen LogP contribution in [0.5, 0.6) is 0 Å². The quantitative estimate of drug-likeness (QED) is 0.695. The maximum absolute atomic E-state index is 3.72.